The number of alkyl halides is 1. The Hall–Kier alpha value is 0.150. The molecule has 11 heavy (non-hydrogen) atoms. The van der Waals surface area contributed by atoms with E-state index in [1.54, 1.807) is 0 Å². The first kappa shape index (κ1) is 9.24. The van der Waals surface area contributed by atoms with E-state index in [0.29, 0.717) is 10.7 Å². The average molecular weight is 219 g/mol. The summed E-state index contributed by atoms with van der Waals surface area (Å²) in [7, 11) is 0. The maximum Gasteiger partial charge on any atom is 0.153 e. The van der Waals surface area contributed by atoms with Crippen LogP contribution >= 0.6 is 15.9 Å². The van der Waals surface area contributed by atoms with Crippen molar-refractivity contribution in [2.75, 3.05) is 13.1 Å². The fourth-order valence-corrected chi connectivity index (χ4v) is 1.60. The van der Waals surface area contributed by atoms with E-state index in [2.05, 4.69) is 40.6 Å². The molecule has 1 unspecified atom stereocenters. The topological polar surface area (TPSA) is 3.01 Å². The lowest BCUT2D eigenvalue weighted by atomic mass is 10.1. The predicted molar refractivity (Wildman–Crippen MR) is 52.8 cm³/mol. The van der Waals surface area contributed by atoms with Crippen LogP contribution in [-0.2, 0) is 0 Å². The van der Waals surface area contributed by atoms with E-state index in [0.717, 1.165) is 0 Å². The van der Waals surface area contributed by atoms with Gasteiger partial charge in [0.05, 0.1) is 4.83 Å². The molecule has 2 heteroatoms. The van der Waals surface area contributed by atoms with E-state index in [1.807, 2.05) is 0 Å². The molecule has 0 bridgehead atoms. The molecule has 1 aliphatic heterocycles. The van der Waals surface area contributed by atoms with Crippen molar-refractivity contribution in [2.45, 2.75) is 31.5 Å². The number of nitrogens with zero attached hydrogens (tertiary/aromatic N) is 1. The molecule has 1 rings (SSSR count). The van der Waals surface area contributed by atoms with E-state index >= 15 is 0 Å². The SMILES string of the molecule is CC(C)C(Br)C=[N+]1CCCC1. The van der Waals surface area contributed by atoms with Crippen LogP contribution in [0.15, 0.2) is 0 Å². The van der Waals surface area contributed by atoms with Crippen molar-refractivity contribution in [3.63, 3.8) is 0 Å². The van der Waals surface area contributed by atoms with Gasteiger partial charge in [0, 0.05) is 12.8 Å². The lowest BCUT2D eigenvalue weighted by Gasteiger charge is -2.05. The van der Waals surface area contributed by atoms with Crippen LogP contribution in [-0.4, -0.2) is 28.7 Å². The first-order valence-corrected chi connectivity index (χ1v) is 5.35. The highest BCUT2D eigenvalue weighted by atomic mass is 79.9. The fraction of sp³-hybridized carbons (Fsp3) is 0.889. The standard InChI is InChI=1S/C9H17BrN/c1-8(2)9(10)7-11-5-3-4-6-11/h7-9H,3-6H2,1-2H3/q+1. The summed E-state index contributed by atoms with van der Waals surface area (Å²) in [5, 5.41) is 0. The van der Waals surface area contributed by atoms with Crippen LogP contribution in [0, 0.1) is 5.92 Å². The predicted octanol–water partition coefficient (Wildman–Crippen LogP) is 2.28. The normalized spacial score (nSPS) is 20.9. The van der Waals surface area contributed by atoms with Crippen molar-refractivity contribution in [3.05, 3.63) is 0 Å². The van der Waals surface area contributed by atoms with Gasteiger partial charge >= 0.3 is 0 Å². The van der Waals surface area contributed by atoms with Crippen LogP contribution in [0.3, 0.4) is 0 Å². The van der Waals surface area contributed by atoms with Gasteiger partial charge < -0.3 is 0 Å². The van der Waals surface area contributed by atoms with Crippen LogP contribution < -0.4 is 0 Å². The van der Waals surface area contributed by atoms with Crippen molar-refractivity contribution in [3.8, 4) is 0 Å². The highest BCUT2D eigenvalue weighted by Gasteiger charge is 2.16. The molecule has 1 atom stereocenters. The van der Waals surface area contributed by atoms with E-state index in [-0.39, 0.29) is 0 Å². The summed E-state index contributed by atoms with van der Waals surface area (Å²) in [4.78, 5) is 0.556. The van der Waals surface area contributed by atoms with Gasteiger partial charge in [-0.25, -0.2) is 4.58 Å². The molecule has 0 aromatic carbocycles. The van der Waals surface area contributed by atoms with Crippen molar-refractivity contribution < 1.29 is 4.58 Å². The lowest BCUT2D eigenvalue weighted by Crippen LogP contribution is -2.18. The quantitative estimate of drug-likeness (QED) is 0.495. The molecule has 0 aliphatic carbocycles. The zero-order valence-electron chi connectivity index (χ0n) is 7.39. The third kappa shape index (κ3) is 2.94. The molecule has 1 fully saturated rings. The average Bonchev–Trinajstić information content (AvgIpc) is 2.39. The van der Waals surface area contributed by atoms with Gasteiger partial charge in [0.25, 0.3) is 0 Å². The Bertz CT molecular complexity index is 144. The molecule has 0 saturated carbocycles. The van der Waals surface area contributed by atoms with Crippen molar-refractivity contribution >= 4 is 22.1 Å². The summed E-state index contributed by atoms with van der Waals surface area (Å²) < 4.78 is 2.43. The Labute approximate surface area is 77.6 Å². The van der Waals surface area contributed by atoms with Gasteiger partial charge in [-0.2, -0.15) is 0 Å². The van der Waals surface area contributed by atoms with Gasteiger partial charge in [-0.05, 0) is 5.92 Å². The summed E-state index contributed by atoms with van der Waals surface area (Å²) in [6.07, 6.45) is 5.07. The second-order valence-corrected chi connectivity index (χ2v) is 4.64. The van der Waals surface area contributed by atoms with Crippen molar-refractivity contribution in [2.24, 2.45) is 5.92 Å². The Morgan fingerprint density at radius 1 is 1.27 bits per heavy atom. The van der Waals surface area contributed by atoms with Crippen LogP contribution in [0.5, 0.6) is 0 Å². The molecule has 1 saturated heterocycles. The maximum absolute atomic E-state index is 3.65. The minimum atomic E-state index is 0.556. The van der Waals surface area contributed by atoms with Gasteiger partial charge in [0.15, 0.2) is 6.21 Å². The Morgan fingerprint density at radius 3 is 2.27 bits per heavy atom. The van der Waals surface area contributed by atoms with Crippen molar-refractivity contribution in [1.82, 2.24) is 0 Å². The molecular weight excluding hydrogens is 202 g/mol. The first-order chi connectivity index (χ1) is 5.20. The molecule has 0 aromatic rings. The van der Waals surface area contributed by atoms with Crippen LogP contribution in [0.1, 0.15) is 26.7 Å². The highest BCUT2D eigenvalue weighted by molar-refractivity contribution is 9.09. The number of halogens is 1. The summed E-state index contributed by atoms with van der Waals surface area (Å²) >= 11 is 3.65. The maximum atomic E-state index is 3.65. The lowest BCUT2D eigenvalue weighted by molar-refractivity contribution is -0.502. The first-order valence-electron chi connectivity index (χ1n) is 4.43. The monoisotopic (exact) mass is 218 g/mol. The molecule has 0 spiro atoms. The third-order valence-electron chi connectivity index (χ3n) is 2.13. The Balaban J connectivity index is 2.42. The molecule has 0 N–H and O–H groups in total. The van der Waals surface area contributed by atoms with Crippen molar-refractivity contribution in [1.29, 1.82) is 0 Å². The minimum Gasteiger partial charge on any atom is -0.239 e. The van der Waals surface area contributed by atoms with Crippen LogP contribution in [0.4, 0.5) is 0 Å². The summed E-state index contributed by atoms with van der Waals surface area (Å²) in [5.41, 5.74) is 0. The Morgan fingerprint density at radius 2 is 1.82 bits per heavy atom. The van der Waals surface area contributed by atoms with Gasteiger partial charge in [-0.3, -0.25) is 0 Å². The molecule has 1 heterocycles. The summed E-state index contributed by atoms with van der Waals surface area (Å²) in [6.45, 7) is 7.00. The van der Waals surface area contributed by atoms with E-state index < -0.39 is 0 Å². The smallest absolute Gasteiger partial charge is 0.153 e. The van der Waals surface area contributed by atoms with Crippen LogP contribution in [0.25, 0.3) is 0 Å². The molecule has 1 aliphatic rings. The second-order valence-electron chi connectivity index (χ2n) is 3.58. The Kier molecular flexibility index (Phi) is 3.57. The molecule has 0 amide bonds. The summed E-state index contributed by atoms with van der Waals surface area (Å²) in [6, 6.07) is 0. The molecule has 0 radical (unpaired) electrons. The third-order valence-corrected chi connectivity index (χ3v) is 3.42. The largest absolute Gasteiger partial charge is 0.239 e. The van der Waals surface area contributed by atoms with E-state index in [4.69, 9.17) is 0 Å². The van der Waals surface area contributed by atoms with Gasteiger partial charge in [-0.15, -0.1) is 0 Å². The minimum absolute atomic E-state index is 0.556. The van der Waals surface area contributed by atoms with Gasteiger partial charge in [-0.1, -0.05) is 29.8 Å². The van der Waals surface area contributed by atoms with E-state index in [9.17, 15) is 0 Å². The van der Waals surface area contributed by atoms with Gasteiger partial charge in [0.2, 0.25) is 0 Å². The molecule has 0 aromatic heterocycles. The van der Waals surface area contributed by atoms with Crippen LogP contribution in [0.2, 0.25) is 0 Å². The number of hydrogen-bond acceptors (Lipinski definition) is 0. The second kappa shape index (κ2) is 4.24. The fourth-order valence-electron chi connectivity index (χ4n) is 1.26. The zero-order chi connectivity index (χ0) is 8.27. The van der Waals surface area contributed by atoms with E-state index in [1.165, 1.54) is 25.9 Å². The molecule has 64 valence electrons. The summed E-state index contributed by atoms with van der Waals surface area (Å²) in [5.74, 6) is 0.704. The highest BCUT2D eigenvalue weighted by Crippen LogP contribution is 2.10. The number of rotatable bonds is 2. The number of hydrogen-bond donors (Lipinski definition) is 0. The molecule has 1 nitrogen and oxygen atoms in total. The van der Waals surface area contributed by atoms with Gasteiger partial charge in [0.1, 0.15) is 13.1 Å². The molecular formula is C9H17BrN+. The zero-order valence-corrected chi connectivity index (χ0v) is 8.97.